The molecule has 1 unspecified atom stereocenters. The van der Waals surface area contributed by atoms with Gasteiger partial charge < -0.3 is 29.7 Å². The van der Waals surface area contributed by atoms with Crippen LogP contribution in [-0.4, -0.2) is 114 Å². The van der Waals surface area contributed by atoms with E-state index in [1.807, 2.05) is 41.8 Å². The van der Waals surface area contributed by atoms with Gasteiger partial charge in [-0.3, -0.25) is 14.4 Å². The molecule has 18 heteroatoms. The SMILES string of the molecule is C=C[C@@H]1CC1(NC(=O)[C@@H]1C[C@@H](Oc2nc3ccccc3nc2-c2cccs2)CN1C(=O)[C@@H](NC(=O)OC1CCCC1)C(C)(C)C)C(=O)NS(=O)(=O)N1CCOCC1. The van der Waals surface area contributed by atoms with Crippen LogP contribution in [0.15, 0.2) is 54.4 Å². The van der Waals surface area contributed by atoms with E-state index in [9.17, 15) is 27.6 Å². The van der Waals surface area contributed by atoms with Gasteiger partial charge in [0.2, 0.25) is 17.7 Å². The predicted octanol–water partition coefficient (Wildman–Crippen LogP) is 3.54. The third kappa shape index (κ3) is 8.78. The fourth-order valence-electron chi connectivity index (χ4n) is 7.69. The Balaban J connectivity index is 1.18. The number of amides is 4. The van der Waals surface area contributed by atoms with Crippen molar-refractivity contribution in [2.24, 2.45) is 11.3 Å². The Hall–Kier alpha value is -4.65. The quantitative estimate of drug-likeness (QED) is 0.226. The van der Waals surface area contributed by atoms with Gasteiger partial charge in [-0.2, -0.15) is 12.7 Å². The van der Waals surface area contributed by atoms with Crippen molar-refractivity contribution >= 4 is 56.4 Å². The third-order valence-corrected chi connectivity index (χ3v) is 13.3. The summed E-state index contributed by atoms with van der Waals surface area (Å²) >= 11 is 1.46. The first kappa shape index (κ1) is 40.5. The first-order valence-corrected chi connectivity index (χ1v) is 21.6. The summed E-state index contributed by atoms with van der Waals surface area (Å²) in [6, 6.07) is 8.86. The molecule has 3 aromatic rings. The van der Waals surface area contributed by atoms with Gasteiger partial charge in [0.1, 0.15) is 35.5 Å². The molecule has 2 saturated carbocycles. The molecule has 4 heterocycles. The summed E-state index contributed by atoms with van der Waals surface area (Å²) in [5.74, 6) is -2.51. The fraction of sp³-hybridized carbons (Fsp3) is 0.538. The van der Waals surface area contributed by atoms with Crippen LogP contribution < -0.4 is 20.1 Å². The van der Waals surface area contributed by atoms with E-state index in [0.717, 1.165) is 34.9 Å². The van der Waals surface area contributed by atoms with E-state index < -0.39 is 69.1 Å². The molecule has 4 amide bonds. The molecule has 4 fully saturated rings. The number of hydrogen-bond acceptors (Lipinski definition) is 12. The van der Waals surface area contributed by atoms with Gasteiger partial charge in [-0.25, -0.2) is 19.5 Å². The maximum atomic E-state index is 14.7. The highest BCUT2D eigenvalue weighted by Crippen LogP contribution is 2.45. The maximum Gasteiger partial charge on any atom is 0.408 e. The first-order valence-electron chi connectivity index (χ1n) is 19.3. The van der Waals surface area contributed by atoms with E-state index in [4.69, 9.17) is 24.2 Å². The molecule has 2 saturated heterocycles. The lowest BCUT2D eigenvalue weighted by Crippen LogP contribution is -2.60. The van der Waals surface area contributed by atoms with Gasteiger partial charge in [-0.1, -0.05) is 45.0 Å². The van der Waals surface area contributed by atoms with Gasteiger partial charge in [-0.15, -0.1) is 17.9 Å². The molecule has 2 aliphatic carbocycles. The Morgan fingerprint density at radius 2 is 1.74 bits per heavy atom. The Kier molecular flexibility index (Phi) is 11.6. The minimum absolute atomic E-state index is 0.0120. The number of likely N-dealkylation sites (tertiary alicyclic amines) is 1. The Morgan fingerprint density at radius 3 is 2.37 bits per heavy atom. The number of hydrogen-bond donors (Lipinski definition) is 3. The number of para-hydroxylation sites is 2. The topological polar surface area (TPSA) is 198 Å². The Labute approximate surface area is 335 Å². The lowest BCUT2D eigenvalue weighted by Gasteiger charge is -2.35. The number of carbonyl (C=O) groups is 4. The molecular weight excluding hydrogens is 775 g/mol. The molecule has 7 rings (SSSR count). The van der Waals surface area contributed by atoms with Crippen molar-refractivity contribution in [1.29, 1.82) is 0 Å². The molecule has 16 nitrogen and oxygen atoms in total. The van der Waals surface area contributed by atoms with Gasteiger partial charge in [-0.05, 0) is 61.1 Å². The highest BCUT2D eigenvalue weighted by Gasteiger charge is 2.62. The first-order chi connectivity index (χ1) is 27.2. The Bertz CT molecular complexity index is 2110. The molecule has 2 aromatic heterocycles. The van der Waals surface area contributed by atoms with Crippen molar-refractivity contribution in [2.45, 2.75) is 89.1 Å². The van der Waals surface area contributed by atoms with E-state index >= 15 is 0 Å². The second-order valence-electron chi connectivity index (χ2n) is 16.0. The minimum Gasteiger partial charge on any atom is -0.471 e. The van der Waals surface area contributed by atoms with Crippen LogP contribution in [0.5, 0.6) is 5.88 Å². The minimum atomic E-state index is -4.25. The largest absolute Gasteiger partial charge is 0.471 e. The summed E-state index contributed by atoms with van der Waals surface area (Å²) in [5.41, 5.74) is -0.689. The summed E-state index contributed by atoms with van der Waals surface area (Å²) in [6.07, 6.45) is 3.24. The lowest BCUT2D eigenvalue weighted by atomic mass is 9.85. The number of rotatable bonds is 12. The average molecular weight is 824 g/mol. The van der Waals surface area contributed by atoms with E-state index in [0.29, 0.717) is 16.7 Å². The van der Waals surface area contributed by atoms with Crippen LogP contribution >= 0.6 is 11.3 Å². The van der Waals surface area contributed by atoms with Crippen molar-refractivity contribution in [3.63, 3.8) is 0 Å². The molecule has 0 bridgehead atoms. The van der Waals surface area contributed by atoms with Gasteiger partial charge in [0, 0.05) is 25.4 Å². The van der Waals surface area contributed by atoms with Gasteiger partial charge in [0.15, 0.2) is 0 Å². The molecule has 1 aromatic carbocycles. The number of nitrogens with zero attached hydrogens (tertiary/aromatic N) is 4. The maximum absolute atomic E-state index is 14.7. The molecule has 3 N–H and O–H groups in total. The molecule has 0 radical (unpaired) electrons. The highest BCUT2D eigenvalue weighted by molar-refractivity contribution is 7.87. The monoisotopic (exact) mass is 823 g/mol. The van der Waals surface area contributed by atoms with Crippen LogP contribution in [-0.2, 0) is 34.1 Å². The van der Waals surface area contributed by atoms with Crippen molar-refractivity contribution in [2.75, 3.05) is 32.8 Å². The van der Waals surface area contributed by atoms with Crippen LogP contribution in [0.4, 0.5) is 4.79 Å². The average Bonchev–Trinajstić information content (AvgIpc) is 3.66. The second kappa shape index (κ2) is 16.3. The second-order valence-corrected chi connectivity index (χ2v) is 18.7. The van der Waals surface area contributed by atoms with Crippen molar-refractivity contribution in [3.8, 4) is 16.5 Å². The van der Waals surface area contributed by atoms with E-state index in [1.54, 1.807) is 20.8 Å². The fourth-order valence-corrected chi connectivity index (χ4v) is 9.57. The molecule has 0 spiro atoms. The number of thiophene rings is 1. The third-order valence-electron chi connectivity index (χ3n) is 11.0. The van der Waals surface area contributed by atoms with Crippen LogP contribution in [0.1, 0.15) is 59.3 Å². The zero-order chi connectivity index (χ0) is 40.5. The van der Waals surface area contributed by atoms with Crippen molar-refractivity contribution in [1.82, 2.24) is 34.5 Å². The number of nitrogens with one attached hydrogen (secondary N) is 3. The summed E-state index contributed by atoms with van der Waals surface area (Å²) in [6.45, 7) is 9.64. The number of aromatic nitrogens is 2. The van der Waals surface area contributed by atoms with Gasteiger partial charge >= 0.3 is 16.3 Å². The standard InChI is InChI=1S/C39H49N7O9S2/c1-5-24-22-39(24,36(49)44-57(51,52)45-16-18-53-19-17-45)43-33(47)29-21-26(54-34-31(30-15-10-20-56-30)40-27-13-8-9-14-28(27)41-34)23-46(29)35(48)32(38(2,3)4)42-37(50)55-25-11-6-7-12-25/h5,8-10,13-15,20,24-26,29,32H,1,6-7,11-12,16-19,21-23H2,2-4H3,(H,42,50)(H,43,47)(H,44,49)/t24-,26-,29+,32-,39?/m1/s1. The van der Waals surface area contributed by atoms with Gasteiger partial charge in [0.25, 0.3) is 5.91 Å². The Morgan fingerprint density at radius 1 is 1.04 bits per heavy atom. The number of carbonyl (C=O) groups excluding carboxylic acids is 4. The van der Waals surface area contributed by atoms with Crippen molar-refractivity contribution in [3.05, 3.63) is 54.4 Å². The van der Waals surface area contributed by atoms with Crippen LogP contribution in [0, 0.1) is 11.3 Å². The summed E-state index contributed by atoms with van der Waals surface area (Å²) in [4.78, 5) is 68.0. The smallest absolute Gasteiger partial charge is 0.408 e. The van der Waals surface area contributed by atoms with Crippen molar-refractivity contribution < 1.29 is 41.8 Å². The highest BCUT2D eigenvalue weighted by atomic mass is 32.2. The van der Waals surface area contributed by atoms with Crippen LogP contribution in [0.25, 0.3) is 21.6 Å². The molecule has 306 valence electrons. The molecular formula is C39H49N7O9S2. The van der Waals surface area contributed by atoms with Crippen LogP contribution in [0.3, 0.4) is 0 Å². The number of alkyl carbamates (subject to hydrolysis) is 1. The molecule has 2 aliphatic heterocycles. The van der Waals surface area contributed by atoms with E-state index in [2.05, 4.69) is 21.9 Å². The number of ether oxygens (including phenoxy) is 3. The predicted molar refractivity (Wildman–Crippen MR) is 211 cm³/mol. The zero-order valence-electron chi connectivity index (χ0n) is 32.3. The number of fused-ring (bicyclic) bond motifs is 1. The number of benzene rings is 1. The zero-order valence-corrected chi connectivity index (χ0v) is 33.9. The summed E-state index contributed by atoms with van der Waals surface area (Å²) < 4.78 is 47.2. The summed E-state index contributed by atoms with van der Waals surface area (Å²) in [7, 11) is -4.25. The number of morpholine rings is 1. The van der Waals surface area contributed by atoms with E-state index in [1.165, 1.54) is 22.3 Å². The summed E-state index contributed by atoms with van der Waals surface area (Å²) in [5, 5.41) is 7.51. The molecule has 5 atom stereocenters. The van der Waals surface area contributed by atoms with Gasteiger partial charge in [0.05, 0.1) is 35.7 Å². The molecule has 57 heavy (non-hydrogen) atoms. The molecule has 4 aliphatic rings. The van der Waals surface area contributed by atoms with Crippen LogP contribution in [0.2, 0.25) is 0 Å². The lowest BCUT2D eigenvalue weighted by molar-refractivity contribution is -0.143. The normalized spacial score (nSPS) is 24.8. The van der Waals surface area contributed by atoms with E-state index in [-0.39, 0.29) is 57.7 Å².